The fraction of sp³-hybridized carbons (Fsp3) is 0.333. The predicted octanol–water partition coefficient (Wildman–Crippen LogP) is 0.615. The normalized spacial score (nSPS) is 10.4. The minimum absolute atomic E-state index is 0.303. The third-order valence-corrected chi connectivity index (χ3v) is 3.83. The number of esters is 1. The summed E-state index contributed by atoms with van der Waals surface area (Å²) in [6, 6.07) is 8.04. The van der Waals surface area contributed by atoms with Crippen molar-refractivity contribution in [2.45, 2.75) is 27.3 Å². The lowest BCUT2D eigenvalue weighted by molar-refractivity contribution is -0.127. The van der Waals surface area contributed by atoms with Crippen molar-refractivity contribution in [2.75, 3.05) is 13.2 Å². The number of rotatable bonds is 7. The molecule has 1 heterocycles. The summed E-state index contributed by atoms with van der Waals surface area (Å²) in [4.78, 5) is 34.4. The van der Waals surface area contributed by atoms with Gasteiger partial charge < -0.3 is 15.8 Å². The molecule has 2 amide bonds. The molecule has 8 nitrogen and oxygen atoms in total. The first-order valence-electron chi connectivity index (χ1n) is 8.09. The van der Waals surface area contributed by atoms with Crippen LogP contribution in [-0.2, 0) is 20.9 Å². The minimum Gasteiger partial charge on any atom is -0.452 e. The molecule has 1 aromatic carbocycles. The van der Waals surface area contributed by atoms with E-state index in [-0.39, 0.29) is 6.54 Å². The van der Waals surface area contributed by atoms with Crippen LogP contribution in [0.2, 0.25) is 0 Å². The summed E-state index contributed by atoms with van der Waals surface area (Å²) in [5.41, 5.74) is 8.68. The third-order valence-electron chi connectivity index (χ3n) is 3.83. The van der Waals surface area contributed by atoms with E-state index in [2.05, 4.69) is 10.4 Å². The molecule has 0 saturated heterocycles. The monoisotopic (exact) mass is 358 g/mol. The van der Waals surface area contributed by atoms with Crippen LogP contribution in [0, 0.1) is 20.8 Å². The van der Waals surface area contributed by atoms with Gasteiger partial charge in [-0.05, 0) is 26.3 Å². The number of nitrogens with one attached hydrogen (secondary N) is 1. The Balaban J connectivity index is 2.04. The van der Waals surface area contributed by atoms with Gasteiger partial charge in [0, 0.05) is 0 Å². The first-order chi connectivity index (χ1) is 12.3. The molecule has 0 saturated carbocycles. The SMILES string of the molecule is Cc1ccc(Cn2nc(C)c(C(=O)OCC(=O)NCC(N)=O)c2C)cc1. The van der Waals surface area contributed by atoms with E-state index in [1.807, 2.05) is 31.2 Å². The van der Waals surface area contributed by atoms with Crippen LogP contribution in [0.25, 0.3) is 0 Å². The molecule has 2 rings (SSSR count). The van der Waals surface area contributed by atoms with Crippen LogP contribution >= 0.6 is 0 Å². The van der Waals surface area contributed by atoms with Crippen LogP contribution in [-0.4, -0.2) is 40.7 Å². The molecule has 0 spiro atoms. The lowest BCUT2D eigenvalue weighted by Crippen LogP contribution is -2.36. The Morgan fingerprint density at radius 2 is 1.81 bits per heavy atom. The third kappa shape index (κ3) is 4.92. The number of ether oxygens (including phenoxy) is 1. The minimum atomic E-state index is -0.672. The summed E-state index contributed by atoms with van der Waals surface area (Å²) >= 11 is 0. The second-order valence-electron chi connectivity index (χ2n) is 6.01. The number of benzene rings is 1. The largest absolute Gasteiger partial charge is 0.452 e. The smallest absolute Gasteiger partial charge is 0.342 e. The zero-order valence-corrected chi connectivity index (χ0v) is 15.0. The molecule has 0 aliphatic heterocycles. The van der Waals surface area contributed by atoms with Crippen molar-refractivity contribution in [3.8, 4) is 0 Å². The summed E-state index contributed by atoms with van der Waals surface area (Å²) in [6.45, 7) is 5.23. The lowest BCUT2D eigenvalue weighted by Gasteiger charge is -2.07. The average molecular weight is 358 g/mol. The number of nitrogens with zero attached hydrogens (tertiary/aromatic N) is 2. The van der Waals surface area contributed by atoms with Gasteiger partial charge in [-0.25, -0.2) is 4.79 Å². The summed E-state index contributed by atoms with van der Waals surface area (Å²) in [7, 11) is 0. The lowest BCUT2D eigenvalue weighted by atomic mass is 10.1. The molecule has 0 aliphatic carbocycles. The number of nitrogens with two attached hydrogens (primary N) is 1. The van der Waals surface area contributed by atoms with Crippen molar-refractivity contribution < 1.29 is 19.1 Å². The van der Waals surface area contributed by atoms with Gasteiger partial charge in [0.15, 0.2) is 6.61 Å². The Labute approximate surface area is 151 Å². The molecule has 0 fully saturated rings. The zero-order valence-electron chi connectivity index (χ0n) is 15.0. The highest BCUT2D eigenvalue weighted by Gasteiger charge is 2.21. The van der Waals surface area contributed by atoms with Gasteiger partial charge >= 0.3 is 5.97 Å². The van der Waals surface area contributed by atoms with Crippen molar-refractivity contribution in [1.82, 2.24) is 15.1 Å². The van der Waals surface area contributed by atoms with Crippen molar-refractivity contribution in [3.63, 3.8) is 0 Å². The van der Waals surface area contributed by atoms with Crippen LogP contribution in [0.5, 0.6) is 0 Å². The maximum Gasteiger partial charge on any atom is 0.342 e. The van der Waals surface area contributed by atoms with Crippen LogP contribution in [0.15, 0.2) is 24.3 Å². The summed E-state index contributed by atoms with van der Waals surface area (Å²) in [5, 5.41) is 6.64. The van der Waals surface area contributed by atoms with Crippen LogP contribution in [0.3, 0.4) is 0 Å². The van der Waals surface area contributed by atoms with Gasteiger partial charge in [-0.3, -0.25) is 14.3 Å². The highest BCUT2D eigenvalue weighted by molar-refractivity contribution is 5.93. The highest BCUT2D eigenvalue weighted by atomic mass is 16.5. The second kappa shape index (κ2) is 8.28. The Morgan fingerprint density at radius 3 is 2.42 bits per heavy atom. The molecule has 0 aliphatic rings. The van der Waals surface area contributed by atoms with E-state index in [9.17, 15) is 14.4 Å². The molecule has 0 atom stereocenters. The summed E-state index contributed by atoms with van der Waals surface area (Å²) in [6.07, 6.45) is 0. The van der Waals surface area contributed by atoms with E-state index in [4.69, 9.17) is 10.5 Å². The Kier molecular flexibility index (Phi) is 6.11. The summed E-state index contributed by atoms with van der Waals surface area (Å²) < 4.78 is 6.73. The van der Waals surface area contributed by atoms with Crippen molar-refractivity contribution in [2.24, 2.45) is 5.73 Å². The number of hydrogen-bond acceptors (Lipinski definition) is 5. The number of hydrogen-bond donors (Lipinski definition) is 2. The van der Waals surface area contributed by atoms with Gasteiger partial charge in [-0.15, -0.1) is 0 Å². The number of aryl methyl sites for hydroxylation is 2. The van der Waals surface area contributed by atoms with Crippen LogP contribution < -0.4 is 11.1 Å². The summed E-state index contributed by atoms with van der Waals surface area (Å²) in [5.74, 6) is -1.90. The number of carbonyl (C=O) groups is 3. The van der Waals surface area contributed by atoms with E-state index >= 15 is 0 Å². The molecular weight excluding hydrogens is 336 g/mol. The van der Waals surface area contributed by atoms with Gasteiger partial charge in [0.05, 0.1) is 24.5 Å². The molecule has 26 heavy (non-hydrogen) atoms. The first kappa shape index (κ1) is 19.2. The predicted molar refractivity (Wildman–Crippen MR) is 94.5 cm³/mol. The van der Waals surface area contributed by atoms with Gasteiger partial charge in [-0.2, -0.15) is 5.10 Å². The number of carbonyl (C=O) groups excluding carboxylic acids is 3. The van der Waals surface area contributed by atoms with E-state index in [1.165, 1.54) is 5.56 Å². The molecule has 3 N–H and O–H groups in total. The zero-order chi connectivity index (χ0) is 19.3. The molecule has 0 unspecified atom stereocenters. The van der Waals surface area contributed by atoms with Crippen LogP contribution in [0.1, 0.15) is 32.9 Å². The molecular formula is C18H22N4O4. The quantitative estimate of drug-likeness (QED) is 0.704. The van der Waals surface area contributed by atoms with Crippen molar-refractivity contribution in [1.29, 1.82) is 0 Å². The number of amides is 2. The number of aromatic nitrogens is 2. The Hall–Kier alpha value is -3.16. The maximum atomic E-state index is 12.3. The fourth-order valence-corrected chi connectivity index (χ4v) is 2.45. The van der Waals surface area contributed by atoms with Gasteiger partial charge in [0.1, 0.15) is 5.56 Å². The molecule has 2 aromatic rings. The fourth-order valence-electron chi connectivity index (χ4n) is 2.45. The van der Waals surface area contributed by atoms with E-state index < -0.39 is 24.4 Å². The second-order valence-corrected chi connectivity index (χ2v) is 6.01. The van der Waals surface area contributed by atoms with Crippen molar-refractivity contribution >= 4 is 17.8 Å². The number of primary amides is 1. The molecule has 138 valence electrons. The van der Waals surface area contributed by atoms with Gasteiger partial charge in [-0.1, -0.05) is 29.8 Å². The van der Waals surface area contributed by atoms with E-state index in [0.29, 0.717) is 23.5 Å². The van der Waals surface area contributed by atoms with E-state index in [1.54, 1.807) is 18.5 Å². The molecule has 8 heteroatoms. The molecule has 1 aromatic heterocycles. The first-order valence-corrected chi connectivity index (χ1v) is 8.09. The standard InChI is InChI=1S/C18H22N4O4/c1-11-4-6-14(7-5-11)9-22-13(3)17(12(2)21-22)18(25)26-10-16(24)20-8-15(19)23/h4-7H,8-10H2,1-3H3,(H2,19,23)(H,20,24). The van der Waals surface area contributed by atoms with Crippen LogP contribution in [0.4, 0.5) is 0 Å². The Morgan fingerprint density at radius 1 is 1.15 bits per heavy atom. The molecule has 0 radical (unpaired) electrons. The van der Waals surface area contributed by atoms with E-state index in [0.717, 1.165) is 5.56 Å². The molecule has 0 bridgehead atoms. The highest BCUT2D eigenvalue weighted by Crippen LogP contribution is 2.16. The van der Waals surface area contributed by atoms with Gasteiger partial charge in [0.2, 0.25) is 5.91 Å². The Bertz CT molecular complexity index is 824. The topological polar surface area (TPSA) is 116 Å². The average Bonchev–Trinajstić information content (AvgIpc) is 2.86. The maximum absolute atomic E-state index is 12.3. The van der Waals surface area contributed by atoms with Crippen molar-refractivity contribution in [3.05, 3.63) is 52.3 Å². The van der Waals surface area contributed by atoms with Gasteiger partial charge in [0.25, 0.3) is 5.91 Å².